The molecular formula is C13H28N2. The molecule has 0 bridgehead atoms. The number of rotatable bonds is 4. The van der Waals surface area contributed by atoms with Gasteiger partial charge in [0, 0.05) is 19.1 Å². The second-order valence-corrected chi connectivity index (χ2v) is 5.47. The Balaban J connectivity index is 2.46. The topological polar surface area (TPSA) is 6.48 Å². The summed E-state index contributed by atoms with van der Waals surface area (Å²) in [5.41, 5.74) is 0. The van der Waals surface area contributed by atoms with Gasteiger partial charge in [-0.3, -0.25) is 0 Å². The Bertz CT molecular complexity index is 179. The van der Waals surface area contributed by atoms with Gasteiger partial charge in [0.1, 0.15) is 0 Å². The van der Waals surface area contributed by atoms with Gasteiger partial charge in [-0.2, -0.15) is 0 Å². The first-order valence-corrected chi connectivity index (χ1v) is 6.47. The molecule has 2 unspecified atom stereocenters. The number of piperidine rings is 1. The van der Waals surface area contributed by atoms with Gasteiger partial charge in [0.05, 0.1) is 0 Å². The highest BCUT2D eigenvalue weighted by Gasteiger charge is 2.27. The Morgan fingerprint density at radius 1 is 1.40 bits per heavy atom. The summed E-state index contributed by atoms with van der Waals surface area (Å²) in [5, 5.41) is 0. The van der Waals surface area contributed by atoms with Crippen LogP contribution in [-0.4, -0.2) is 49.1 Å². The van der Waals surface area contributed by atoms with E-state index in [1.165, 1.54) is 32.6 Å². The van der Waals surface area contributed by atoms with Crippen molar-refractivity contribution in [3.63, 3.8) is 0 Å². The SMILES string of the molecule is CCN(C)CC1CN(C(C)C)CCC1C. The quantitative estimate of drug-likeness (QED) is 0.705. The van der Waals surface area contributed by atoms with Crippen molar-refractivity contribution in [3.05, 3.63) is 0 Å². The van der Waals surface area contributed by atoms with Crippen molar-refractivity contribution in [1.82, 2.24) is 9.80 Å². The molecule has 1 fully saturated rings. The van der Waals surface area contributed by atoms with Gasteiger partial charge in [-0.15, -0.1) is 0 Å². The molecule has 90 valence electrons. The van der Waals surface area contributed by atoms with Gasteiger partial charge in [0.25, 0.3) is 0 Å². The Labute approximate surface area is 95.6 Å². The maximum Gasteiger partial charge on any atom is 0.00387 e. The second kappa shape index (κ2) is 5.86. The number of hydrogen-bond acceptors (Lipinski definition) is 2. The fourth-order valence-electron chi connectivity index (χ4n) is 2.41. The number of likely N-dealkylation sites (tertiary alicyclic amines) is 1. The van der Waals surface area contributed by atoms with E-state index in [0.717, 1.165) is 11.8 Å². The van der Waals surface area contributed by atoms with E-state index in [-0.39, 0.29) is 0 Å². The first-order valence-electron chi connectivity index (χ1n) is 6.47. The van der Waals surface area contributed by atoms with Gasteiger partial charge < -0.3 is 9.80 Å². The van der Waals surface area contributed by atoms with Crippen LogP contribution in [0.5, 0.6) is 0 Å². The predicted octanol–water partition coefficient (Wildman–Crippen LogP) is 2.30. The Kier molecular flexibility index (Phi) is 5.07. The average Bonchev–Trinajstić information content (AvgIpc) is 2.20. The fraction of sp³-hybridized carbons (Fsp3) is 1.00. The highest BCUT2D eigenvalue weighted by atomic mass is 15.2. The molecule has 1 aliphatic rings. The molecule has 2 heteroatoms. The van der Waals surface area contributed by atoms with Crippen LogP contribution < -0.4 is 0 Å². The van der Waals surface area contributed by atoms with Crippen LogP contribution in [0.2, 0.25) is 0 Å². The zero-order chi connectivity index (χ0) is 11.4. The fourth-order valence-corrected chi connectivity index (χ4v) is 2.41. The molecule has 1 heterocycles. The van der Waals surface area contributed by atoms with Crippen molar-refractivity contribution < 1.29 is 0 Å². The molecule has 0 aromatic heterocycles. The molecule has 1 saturated heterocycles. The summed E-state index contributed by atoms with van der Waals surface area (Å²) >= 11 is 0. The summed E-state index contributed by atoms with van der Waals surface area (Å²) in [6.45, 7) is 14.3. The van der Waals surface area contributed by atoms with Crippen molar-refractivity contribution in [1.29, 1.82) is 0 Å². The summed E-state index contributed by atoms with van der Waals surface area (Å²) in [5.74, 6) is 1.76. The molecule has 1 aliphatic heterocycles. The molecule has 0 aromatic rings. The number of hydrogen-bond donors (Lipinski definition) is 0. The van der Waals surface area contributed by atoms with Gasteiger partial charge in [-0.1, -0.05) is 13.8 Å². The normalized spacial score (nSPS) is 29.0. The smallest absolute Gasteiger partial charge is 0.00387 e. The molecular weight excluding hydrogens is 184 g/mol. The third-order valence-electron chi connectivity index (χ3n) is 3.96. The molecule has 2 atom stereocenters. The van der Waals surface area contributed by atoms with Crippen molar-refractivity contribution in [2.75, 3.05) is 33.2 Å². The molecule has 2 nitrogen and oxygen atoms in total. The zero-order valence-corrected chi connectivity index (χ0v) is 11.2. The first kappa shape index (κ1) is 13.0. The van der Waals surface area contributed by atoms with E-state index in [2.05, 4.69) is 44.5 Å². The predicted molar refractivity (Wildman–Crippen MR) is 67.2 cm³/mol. The van der Waals surface area contributed by atoms with Crippen LogP contribution in [0, 0.1) is 11.8 Å². The summed E-state index contributed by atoms with van der Waals surface area (Å²) < 4.78 is 0. The molecule has 0 radical (unpaired) electrons. The van der Waals surface area contributed by atoms with E-state index < -0.39 is 0 Å². The second-order valence-electron chi connectivity index (χ2n) is 5.47. The number of nitrogens with zero attached hydrogens (tertiary/aromatic N) is 2. The van der Waals surface area contributed by atoms with Crippen LogP contribution in [-0.2, 0) is 0 Å². The summed E-state index contributed by atoms with van der Waals surface area (Å²) in [6, 6.07) is 0.715. The van der Waals surface area contributed by atoms with Crippen LogP contribution in [0.15, 0.2) is 0 Å². The molecule has 0 N–H and O–H groups in total. The molecule has 0 saturated carbocycles. The zero-order valence-electron chi connectivity index (χ0n) is 11.2. The van der Waals surface area contributed by atoms with Crippen molar-refractivity contribution >= 4 is 0 Å². The van der Waals surface area contributed by atoms with Crippen LogP contribution in [0.1, 0.15) is 34.1 Å². The Morgan fingerprint density at radius 3 is 2.60 bits per heavy atom. The minimum Gasteiger partial charge on any atom is -0.306 e. The summed E-state index contributed by atoms with van der Waals surface area (Å²) in [6.07, 6.45) is 1.38. The lowest BCUT2D eigenvalue weighted by Gasteiger charge is -2.40. The lowest BCUT2D eigenvalue weighted by Crippen LogP contribution is -2.46. The molecule has 0 amide bonds. The molecule has 0 spiro atoms. The Morgan fingerprint density at radius 2 is 2.07 bits per heavy atom. The van der Waals surface area contributed by atoms with Crippen molar-refractivity contribution in [3.8, 4) is 0 Å². The van der Waals surface area contributed by atoms with Crippen LogP contribution >= 0.6 is 0 Å². The highest BCUT2D eigenvalue weighted by Crippen LogP contribution is 2.24. The third-order valence-corrected chi connectivity index (χ3v) is 3.96. The highest BCUT2D eigenvalue weighted by molar-refractivity contribution is 4.81. The molecule has 15 heavy (non-hydrogen) atoms. The molecule has 1 rings (SSSR count). The van der Waals surface area contributed by atoms with E-state index in [1.807, 2.05) is 0 Å². The van der Waals surface area contributed by atoms with E-state index in [0.29, 0.717) is 6.04 Å². The van der Waals surface area contributed by atoms with Gasteiger partial charge in [0.2, 0.25) is 0 Å². The van der Waals surface area contributed by atoms with Crippen molar-refractivity contribution in [2.45, 2.75) is 40.2 Å². The maximum absolute atomic E-state index is 2.63. The minimum absolute atomic E-state index is 0.715. The van der Waals surface area contributed by atoms with Crippen LogP contribution in [0.3, 0.4) is 0 Å². The molecule has 0 aromatic carbocycles. The lowest BCUT2D eigenvalue weighted by atomic mass is 9.86. The van der Waals surface area contributed by atoms with Crippen LogP contribution in [0.4, 0.5) is 0 Å². The first-order chi connectivity index (χ1) is 7.04. The summed E-state index contributed by atoms with van der Waals surface area (Å²) in [7, 11) is 2.24. The average molecular weight is 212 g/mol. The van der Waals surface area contributed by atoms with E-state index in [4.69, 9.17) is 0 Å². The van der Waals surface area contributed by atoms with E-state index in [1.54, 1.807) is 0 Å². The van der Waals surface area contributed by atoms with Gasteiger partial charge in [-0.05, 0) is 52.2 Å². The van der Waals surface area contributed by atoms with Gasteiger partial charge in [0.15, 0.2) is 0 Å². The maximum atomic E-state index is 2.63. The van der Waals surface area contributed by atoms with E-state index in [9.17, 15) is 0 Å². The van der Waals surface area contributed by atoms with Crippen LogP contribution in [0.25, 0.3) is 0 Å². The monoisotopic (exact) mass is 212 g/mol. The lowest BCUT2D eigenvalue weighted by molar-refractivity contribution is 0.0810. The largest absolute Gasteiger partial charge is 0.306 e. The summed E-state index contributed by atoms with van der Waals surface area (Å²) in [4.78, 5) is 5.08. The molecule has 0 aliphatic carbocycles. The van der Waals surface area contributed by atoms with Gasteiger partial charge >= 0.3 is 0 Å². The van der Waals surface area contributed by atoms with Crippen molar-refractivity contribution in [2.24, 2.45) is 11.8 Å². The standard InChI is InChI=1S/C13H28N2/c1-6-14(5)9-13-10-15(11(2)3)8-7-12(13)4/h11-13H,6-10H2,1-5H3. The Hall–Kier alpha value is -0.0800. The third kappa shape index (κ3) is 3.76. The van der Waals surface area contributed by atoms with E-state index >= 15 is 0 Å². The van der Waals surface area contributed by atoms with Gasteiger partial charge in [-0.25, -0.2) is 0 Å². The minimum atomic E-state index is 0.715.